The second kappa shape index (κ2) is 6.50. The Balaban J connectivity index is 1.89. The third-order valence-electron chi connectivity index (χ3n) is 4.09. The van der Waals surface area contributed by atoms with E-state index in [2.05, 4.69) is 10.4 Å². The van der Waals surface area contributed by atoms with Crippen LogP contribution in [0.15, 0.2) is 0 Å². The highest BCUT2D eigenvalue weighted by atomic mass is 16.5. The number of hydrogen-bond donors (Lipinski definition) is 1. The zero-order valence-corrected chi connectivity index (χ0v) is 11.4. The molecule has 2 rings (SSSR count). The van der Waals surface area contributed by atoms with E-state index in [0.717, 1.165) is 38.8 Å². The van der Waals surface area contributed by atoms with Gasteiger partial charge in [0.15, 0.2) is 0 Å². The van der Waals surface area contributed by atoms with E-state index in [1.807, 2.05) is 0 Å². The third-order valence-corrected chi connectivity index (χ3v) is 4.09. The predicted molar refractivity (Wildman–Crippen MR) is 67.9 cm³/mol. The molecule has 0 spiro atoms. The average molecular weight is 256 g/mol. The van der Waals surface area contributed by atoms with Crippen LogP contribution in [-0.4, -0.2) is 50.4 Å². The van der Waals surface area contributed by atoms with Crippen LogP contribution in [0.5, 0.6) is 0 Å². The minimum Gasteiger partial charge on any atom is -0.469 e. The van der Waals surface area contributed by atoms with Crippen molar-refractivity contribution in [2.45, 2.75) is 44.2 Å². The number of rotatable bonds is 5. The van der Waals surface area contributed by atoms with Crippen LogP contribution in [0.3, 0.4) is 0 Å². The molecule has 3 atom stereocenters. The number of nitrogens with zero attached hydrogens (tertiary/aromatic N) is 1. The Morgan fingerprint density at radius 3 is 2.83 bits per heavy atom. The Kier molecular flexibility index (Phi) is 4.97. The SMILES string of the molecule is COC[C@@H]1CCCN1N[C@H]1CCC[C@@H]1C(=O)OC. The van der Waals surface area contributed by atoms with Gasteiger partial charge in [0.25, 0.3) is 0 Å². The lowest BCUT2D eigenvalue weighted by molar-refractivity contribution is -0.146. The van der Waals surface area contributed by atoms with Crippen molar-refractivity contribution in [2.24, 2.45) is 5.92 Å². The largest absolute Gasteiger partial charge is 0.469 e. The fraction of sp³-hybridized carbons (Fsp3) is 0.923. The van der Waals surface area contributed by atoms with Crippen LogP contribution in [0.4, 0.5) is 0 Å². The van der Waals surface area contributed by atoms with Gasteiger partial charge in [-0.1, -0.05) is 6.42 Å². The van der Waals surface area contributed by atoms with Crippen LogP contribution >= 0.6 is 0 Å². The van der Waals surface area contributed by atoms with Crippen molar-refractivity contribution in [1.29, 1.82) is 0 Å². The Morgan fingerprint density at radius 2 is 2.11 bits per heavy atom. The summed E-state index contributed by atoms with van der Waals surface area (Å²) in [7, 11) is 3.21. The molecule has 18 heavy (non-hydrogen) atoms. The van der Waals surface area contributed by atoms with Crippen LogP contribution in [0.2, 0.25) is 0 Å². The highest BCUT2D eigenvalue weighted by molar-refractivity contribution is 5.73. The van der Waals surface area contributed by atoms with Gasteiger partial charge in [-0.2, -0.15) is 0 Å². The quantitative estimate of drug-likeness (QED) is 0.742. The standard InChI is InChI=1S/C13H24N2O3/c1-17-9-10-5-4-8-15(10)14-12-7-3-6-11(12)13(16)18-2/h10-12,14H,3-9H2,1-2H3/t10-,11-,12-/m0/s1. The molecule has 0 amide bonds. The molecule has 0 bridgehead atoms. The number of carbonyl (C=O) groups is 1. The van der Waals surface area contributed by atoms with Gasteiger partial charge >= 0.3 is 5.97 Å². The van der Waals surface area contributed by atoms with E-state index in [1.54, 1.807) is 7.11 Å². The van der Waals surface area contributed by atoms with Gasteiger partial charge in [0, 0.05) is 25.7 Å². The molecule has 1 aliphatic carbocycles. The van der Waals surface area contributed by atoms with E-state index in [9.17, 15) is 4.79 Å². The first-order valence-corrected chi connectivity index (χ1v) is 6.86. The molecule has 5 nitrogen and oxygen atoms in total. The van der Waals surface area contributed by atoms with Crippen LogP contribution in [0, 0.1) is 5.92 Å². The van der Waals surface area contributed by atoms with E-state index in [0.29, 0.717) is 6.04 Å². The number of carbonyl (C=O) groups excluding carboxylic acids is 1. The molecule has 0 aromatic rings. The molecular weight excluding hydrogens is 232 g/mol. The number of nitrogens with one attached hydrogen (secondary N) is 1. The summed E-state index contributed by atoms with van der Waals surface area (Å²) in [5, 5.41) is 2.26. The van der Waals surface area contributed by atoms with E-state index in [-0.39, 0.29) is 17.9 Å². The second-order valence-corrected chi connectivity index (χ2v) is 5.24. The van der Waals surface area contributed by atoms with Gasteiger partial charge in [0.05, 0.1) is 19.6 Å². The first-order chi connectivity index (χ1) is 8.76. The summed E-state index contributed by atoms with van der Waals surface area (Å²) in [6, 6.07) is 0.670. The van der Waals surface area contributed by atoms with Gasteiger partial charge in [-0.05, 0) is 25.7 Å². The van der Waals surface area contributed by atoms with Gasteiger partial charge in [-0.25, -0.2) is 5.01 Å². The van der Waals surface area contributed by atoms with Crippen LogP contribution in [-0.2, 0) is 14.3 Å². The minimum atomic E-state index is -0.0764. The maximum atomic E-state index is 11.7. The molecule has 1 heterocycles. The Labute approximate surface area is 109 Å². The van der Waals surface area contributed by atoms with E-state index >= 15 is 0 Å². The molecule has 1 aliphatic heterocycles. The Hall–Kier alpha value is -0.650. The number of hydrogen-bond acceptors (Lipinski definition) is 5. The molecule has 0 radical (unpaired) electrons. The molecule has 5 heteroatoms. The summed E-state index contributed by atoms with van der Waals surface area (Å²) in [4.78, 5) is 11.7. The molecule has 104 valence electrons. The first kappa shape index (κ1) is 13.8. The number of hydrazine groups is 1. The van der Waals surface area contributed by atoms with Gasteiger partial charge in [-0.3, -0.25) is 10.2 Å². The molecule has 1 N–H and O–H groups in total. The van der Waals surface area contributed by atoms with Crippen LogP contribution in [0.25, 0.3) is 0 Å². The molecular formula is C13H24N2O3. The van der Waals surface area contributed by atoms with Gasteiger partial charge < -0.3 is 9.47 Å². The summed E-state index contributed by atoms with van der Waals surface area (Å²) >= 11 is 0. The molecule has 2 fully saturated rings. The highest BCUT2D eigenvalue weighted by Gasteiger charge is 2.36. The highest BCUT2D eigenvalue weighted by Crippen LogP contribution is 2.28. The zero-order valence-electron chi connectivity index (χ0n) is 11.4. The van der Waals surface area contributed by atoms with E-state index in [1.165, 1.54) is 13.5 Å². The monoisotopic (exact) mass is 256 g/mol. The molecule has 1 saturated heterocycles. The maximum absolute atomic E-state index is 11.7. The maximum Gasteiger partial charge on any atom is 0.310 e. The molecule has 0 aromatic heterocycles. The Morgan fingerprint density at radius 1 is 1.28 bits per heavy atom. The smallest absolute Gasteiger partial charge is 0.310 e. The summed E-state index contributed by atoms with van der Waals surface area (Å²) in [5.74, 6) is -0.0636. The van der Waals surface area contributed by atoms with Gasteiger partial charge in [0.1, 0.15) is 0 Å². The molecule has 0 aromatic carbocycles. The zero-order chi connectivity index (χ0) is 13.0. The third kappa shape index (κ3) is 3.02. The van der Waals surface area contributed by atoms with Crippen molar-refractivity contribution in [1.82, 2.24) is 10.4 Å². The van der Waals surface area contributed by atoms with Crippen molar-refractivity contribution < 1.29 is 14.3 Å². The van der Waals surface area contributed by atoms with Crippen molar-refractivity contribution >= 4 is 5.97 Å². The van der Waals surface area contributed by atoms with Crippen LogP contribution in [0.1, 0.15) is 32.1 Å². The first-order valence-electron chi connectivity index (χ1n) is 6.86. The normalized spacial score (nSPS) is 32.9. The van der Waals surface area contributed by atoms with Gasteiger partial charge in [0.2, 0.25) is 0 Å². The summed E-state index contributed by atoms with van der Waals surface area (Å²) < 4.78 is 10.1. The second-order valence-electron chi connectivity index (χ2n) is 5.24. The average Bonchev–Trinajstić information content (AvgIpc) is 3.00. The number of ether oxygens (including phenoxy) is 2. The summed E-state index contributed by atoms with van der Waals surface area (Å²) in [5.41, 5.74) is 3.53. The fourth-order valence-electron chi connectivity index (χ4n) is 3.13. The molecule has 1 saturated carbocycles. The van der Waals surface area contributed by atoms with E-state index < -0.39 is 0 Å². The van der Waals surface area contributed by atoms with Crippen molar-refractivity contribution in [3.63, 3.8) is 0 Å². The lowest BCUT2D eigenvalue weighted by atomic mass is 10.0. The predicted octanol–water partition coefficient (Wildman–Crippen LogP) is 0.944. The minimum absolute atomic E-state index is 0.0128. The Bertz CT molecular complexity index is 285. The molecule has 2 aliphatic rings. The summed E-state index contributed by atoms with van der Waals surface area (Å²) in [6.07, 6.45) is 5.44. The number of esters is 1. The van der Waals surface area contributed by atoms with E-state index in [4.69, 9.17) is 9.47 Å². The van der Waals surface area contributed by atoms with Crippen molar-refractivity contribution in [3.05, 3.63) is 0 Å². The lowest BCUT2D eigenvalue weighted by Crippen LogP contribution is -2.51. The lowest BCUT2D eigenvalue weighted by Gasteiger charge is -2.30. The number of methoxy groups -OCH3 is 2. The van der Waals surface area contributed by atoms with Crippen molar-refractivity contribution in [2.75, 3.05) is 27.4 Å². The molecule has 0 unspecified atom stereocenters. The van der Waals surface area contributed by atoms with Crippen LogP contribution < -0.4 is 5.43 Å². The van der Waals surface area contributed by atoms with Gasteiger partial charge in [-0.15, -0.1) is 0 Å². The van der Waals surface area contributed by atoms with Crippen molar-refractivity contribution in [3.8, 4) is 0 Å². The summed E-state index contributed by atoms with van der Waals surface area (Å²) in [6.45, 7) is 1.79. The topological polar surface area (TPSA) is 50.8 Å². The fourth-order valence-corrected chi connectivity index (χ4v) is 3.13.